The Kier molecular flexibility index (Phi) is 2.94. The van der Waals surface area contributed by atoms with Crippen LogP contribution in [0.1, 0.15) is 30.0 Å². The summed E-state index contributed by atoms with van der Waals surface area (Å²) < 4.78 is 40.1. The lowest BCUT2D eigenvalue weighted by atomic mass is 9.90. The van der Waals surface area contributed by atoms with Crippen molar-refractivity contribution in [3.05, 3.63) is 34.9 Å². The van der Waals surface area contributed by atoms with Crippen LogP contribution < -0.4 is 5.32 Å². The molecule has 0 saturated heterocycles. The van der Waals surface area contributed by atoms with E-state index in [4.69, 9.17) is 0 Å². The Hall–Kier alpha value is -1.03. The van der Waals surface area contributed by atoms with Gasteiger partial charge in [-0.2, -0.15) is 13.2 Å². The molecule has 1 aliphatic rings. The number of hydrogen-bond donors (Lipinski definition) is 1. The molecule has 4 heteroatoms. The van der Waals surface area contributed by atoms with Crippen LogP contribution in [0.3, 0.4) is 0 Å². The summed E-state index contributed by atoms with van der Waals surface area (Å²) in [5, 5.41) is 2.66. The predicted molar refractivity (Wildman–Crippen MR) is 60.9 cm³/mol. The summed E-state index contributed by atoms with van der Waals surface area (Å²) >= 11 is 0. The number of aryl methyl sites for hydroxylation is 2. The van der Waals surface area contributed by atoms with Gasteiger partial charge in [-0.05, 0) is 37.4 Å². The molecule has 0 amide bonds. The highest BCUT2D eigenvalue weighted by atomic mass is 19.4. The van der Waals surface area contributed by atoms with Crippen LogP contribution in [0.4, 0.5) is 13.2 Å². The SMILES string of the molecule is CCNC1(C(F)(F)F)CCc2ccc(C)cc21. The molecule has 0 fully saturated rings. The smallest absolute Gasteiger partial charge is 0.300 e. The largest absolute Gasteiger partial charge is 0.410 e. The van der Waals surface area contributed by atoms with Crippen LogP contribution in [0.15, 0.2) is 18.2 Å². The third-order valence-electron chi connectivity index (χ3n) is 3.46. The lowest BCUT2D eigenvalue weighted by Crippen LogP contribution is -2.52. The molecule has 2 rings (SSSR count). The molecule has 1 aromatic rings. The molecular formula is C13H16F3N. The third-order valence-corrected chi connectivity index (χ3v) is 3.46. The van der Waals surface area contributed by atoms with Gasteiger partial charge in [0.2, 0.25) is 0 Å². The van der Waals surface area contributed by atoms with Crippen molar-refractivity contribution in [1.82, 2.24) is 5.32 Å². The van der Waals surface area contributed by atoms with Gasteiger partial charge in [0, 0.05) is 0 Å². The minimum absolute atomic E-state index is 0.100. The fourth-order valence-corrected chi connectivity index (χ4v) is 2.64. The van der Waals surface area contributed by atoms with Crippen molar-refractivity contribution in [2.24, 2.45) is 0 Å². The first-order valence-corrected chi connectivity index (χ1v) is 5.82. The summed E-state index contributed by atoms with van der Waals surface area (Å²) in [5.41, 5.74) is 0.251. The van der Waals surface area contributed by atoms with Crippen LogP contribution in [0.5, 0.6) is 0 Å². The number of alkyl halides is 3. The molecule has 0 spiro atoms. The van der Waals surface area contributed by atoms with E-state index in [1.54, 1.807) is 13.0 Å². The second-order valence-corrected chi connectivity index (χ2v) is 4.59. The van der Waals surface area contributed by atoms with Gasteiger partial charge in [-0.1, -0.05) is 30.7 Å². The van der Waals surface area contributed by atoms with Gasteiger partial charge >= 0.3 is 6.18 Å². The maximum atomic E-state index is 13.4. The van der Waals surface area contributed by atoms with E-state index >= 15 is 0 Å². The summed E-state index contributed by atoms with van der Waals surface area (Å²) in [5.74, 6) is 0. The van der Waals surface area contributed by atoms with E-state index < -0.39 is 11.7 Å². The molecule has 94 valence electrons. The first kappa shape index (κ1) is 12.4. The van der Waals surface area contributed by atoms with Gasteiger partial charge < -0.3 is 5.32 Å². The summed E-state index contributed by atoms with van der Waals surface area (Å²) in [4.78, 5) is 0. The number of hydrogen-bond acceptors (Lipinski definition) is 1. The molecule has 1 aliphatic carbocycles. The predicted octanol–water partition coefficient (Wildman–Crippen LogP) is 3.31. The average molecular weight is 243 g/mol. The molecule has 0 aliphatic heterocycles. The Balaban J connectivity index is 2.56. The molecule has 0 aromatic heterocycles. The first-order chi connectivity index (χ1) is 7.90. The standard InChI is InChI=1S/C13H16F3N/c1-3-17-12(13(14,15)16)7-6-10-5-4-9(2)8-11(10)12/h4-5,8,17H,3,6-7H2,1-2H3. The van der Waals surface area contributed by atoms with Gasteiger partial charge in [0.05, 0.1) is 0 Å². The minimum atomic E-state index is -4.25. The van der Waals surface area contributed by atoms with E-state index in [0.717, 1.165) is 11.1 Å². The lowest BCUT2D eigenvalue weighted by Gasteiger charge is -2.33. The number of benzene rings is 1. The van der Waals surface area contributed by atoms with Crippen LogP contribution in [0.2, 0.25) is 0 Å². The maximum Gasteiger partial charge on any atom is 0.410 e. The zero-order chi connectivity index (χ0) is 12.7. The van der Waals surface area contributed by atoms with E-state index in [1.807, 2.05) is 19.1 Å². The zero-order valence-electron chi connectivity index (χ0n) is 9.99. The summed E-state index contributed by atoms with van der Waals surface area (Å²) in [7, 11) is 0. The van der Waals surface area contributed by atoms with Crippen molar-refractivity contribution in [2.45, 2.75) is 38.4 Å². The molecule has 1 nitrogen and oxygen atoms in total. The number of nitrogens with one attached hydrogen (secondary N) is 1. The molecule has 0 bridgehead atoms. The van der Waals surface area contributed by atoms with Crippen LogP contribution in [-0.2, 0) is 12.0 Å². The van der Waals surface area contributed by atoms with E-state index in [9.17, 15) is 13.2 Å². The highest BCUT2D eigenvalue weighted by molar-refractivity contribution is 5.42. The second-order valence-electron chi connectivity index (χ2n) is 4.59. The molecule has 0 saturated carbocycles. The molecule has 0 heterocycles. The maximum absolute atomic E-state index is 13.4. The Morgan fingerprint density at radius 2 is 2.06 bits per heavy atom. The van der Waals surface area contributed by atoms with Crippen molar-refractivity contribution >= 4 is 0 Å². The number of halogens is 3. The van der Waals surface area contributed by atoms with Crippen LogP contribution in [0.25, 0.3) is 0 Å². The van der Waals surface area contributed by atoms with Crippen molar-refractivity contribution in [3.63, 3.8) is 0 Å². The van der Waals surface area contributed by atoms with E-state index in [2.05, 4.69) is 5.32 Å². The molecule has 17 heavy (non-hydrogen) atoms. The zero-order valence-corrected chi connectivity index (χ0v) is 9.99. The number of rotatable bonds is 2. The fourth-order valence-electron chi connectivity index (χ4n) is 2.64. The van der Waals surface area contributed by atoms with E-state index in [-0.39, 0.29) is 6.42 Å². The highest BCUT2D eigenvalue weighted by Crippen LogP contribution is 2.48. The molecule has 1 unspecified atom stereocenters. The van der Waals surface area contributed by atoms with Gasteiger partial charge in [0.15, 0.2) is 0 Å². The van der Waals surface area contributed by atoms with E-state index in [0.29, 0.717) is 18.5 Å². The van der Waals surface area contributed by atoms with Crippen molar-refractivity contribution < 1.29 is 13.2 Å². The van der Waals surface area contributed by atoms with Crippen LogP contribution in [-0.4, -0.2) is 12.7 Å². The van der Waals surface area contributed by atoms with Gasteiger partial charge in [-0.25, -0.2) is 0 Å². The van der Waals surface area contributed by atoms with Crippen molar-refractivity contribution in [2.75, 3.05) is 6.54 Å². The van der Waals surface area contributed by atoms with Crippen molar-refractivity contribution in [3.8, 4) is 0 Å². The molecule has 1 N–H and O–H groups in total. The van der Waals surface area contributed by atoms with Crippen LogP contribution in [0, 0.1) is 6.92 Å². The monoisotopic (exact) mass is 243 g/mol. The summed E-state index contributed by atoms with van der Waals surface area (Å²) in [6.45, 7) is 3.85. The quantitative estimate of drug-likeness (QED) is 0.840. The topological polar surface area (TPSA) is 12.0 Å². The minimum Gasteiger partial charge on any atom is -0.300 e. The molecule has 1 atom stereocenters. The normalized spacial score (nSPS) is 23.8. The Morgan fingerprint density at radius 1 is 1.35 bits per heavy atom. The molecule has 1 aromatic carbocycles. The molecule has 0 radical (unpaired) electrons. The number of fused-ring (bicyclic) bond motifs is 1. The Bertz CT molecular complexity index is 421. The van der Waals surface area contributed by atoms with Gasteiger partial charge in [-0.3, -0.25) is 0 Å². The van der Waals surface area contributed by atoms with Gasteiger partial charge in [0.1, 0.15) is 5.54 Å². The second kappa shape index (κ2) is 4.02. The summed E-state index contributed by atoms with van der Waals surface area (Å²) in [6.07, 6.45) is -3.66. The fraction of sp³-hybridized carbons (Fsp3) is 0.538. The van der Waals surface area contributed by atoms with Crippen molar-refractivity contribution in [1.29, 1.82) is 0 Å². The third kappa shape index (κ3) is 1.84. The first-order valence-electron chi connectivity index (χ1n) is 5.82. The molecular weight excluding hydrogens is 227 g/mol. The Labute approximate surface area is 99.0 Å². The Morgan fingerprint density at radius 3 is 2.65 bits per heavy atom. The van der Waals surface area contributed by atoms with Gasteiger partial charge in [0.25, 0.3) is 0 Å². The lowest BCUT2D eigenvalue weighted by molar-refractivity contribution is -0.200. The van der Waals surface area contributed by atoms with E-state index in [1.165, 1.54) is 0 Å². The van der Waals surface area contributed by atoms with Gasteiger partial charge in [-0.15, -0.1) is 0 Å². The van der Waals surface area contributed by atoms with Crippen LogP contribution >= 0.6 is 0 Å². The summed E-state index contributed by atoms with van der Waals surface area (Å²) in [6, 6.07) is 5.35. The average Bonchev–Trinajstić information content (AvgIpc) is 2.58. The highest BCUT2D eigenvalue weighted by Gasteiger charge is 2.58.